The molecule has 0 saturated heterocycles. The molecular weight excluding hydrogens is 358 g/mol. The van der Waals surface area contributed by atoms with E-state index in [0.717, 1.165) is 23.0 Å². The fraction of sp³-hybridized carbons (Fsp3) is 0.200. The summed E-state index contributed by atoms with van der Waals surface area (Å²) in [6.07, 6.45) is 3.49. The fourth-order valence-electron chi connectivity index (χ4n) is 3.77. The van der Waals surface area contributed by atoms with Gasteiger partial charge in [0.25, 0.3) is 5.91 Å². The monoisotopic (exact) mass is 383 g/mol. The number of amides is 1. The van der Waals surface area contributed by atoms with Crippen LogP contribution in [0, 0.1) is 20.8 Å². The minimum atomic E-state index is -0.0701. The van der Waals surface area contributed by atoms with Gasteiger partial charge in [0, 0.05) is 47.6 Å². The lowest BCUT2D eigenvalue weighted by Gasteiger charge is -2.10. The highest BCUT2D eigenvalue weighted by atomic mass is 16.1. The van der Waals surface area contributed by atoms with Gasteiger partial charge in [-0.3, -0.25) is 9.78 Å². The molecule has 0 atom stereocenters. The van der Waals surface area contributed by atoms with E-state index in [2.05, 4.69) is 66.0 Å². The molecule has 4 nitrogen and oxygen atoms in total. The maximum absolute atomic E-state index is 12.7. The average Bonchev–Trinajstić information content (AvgIpc) is 2.97. The minimum Gasteiger partial charge on any atom is -0.348 e. The van der Waals surface area contributed by atoms with Crippen molar-refractivity contribution >= 4 is 16.8 Å². The van der Waals surface area contributed by atoms with E-state index in [-0.39, 0.29) is 5.91 Å². The van der Waals surface area contributed by atoms with E-state index in [1.165, 1.54) is 22.4 Å². The van der Waals surface area contributed by atoms with Crippen LogP contribution in [0.5, 0.6) is 0 Å². The number of carbonyl (C=O) groups is 1. The SMILES string of the molecule is Cc1cccc(Cn2c(C)c(C)c3cc(C(=O)NCc4cccnc4)ccc32)c1. The third-order valence-electron chi connectivity index (χ3n) is 5.50. The lowest BCUT2D eigenvalue weighted by atomic mass is 10.1. The van der Waals surface area contributed by atoms with Crippen LogP contribution < -0.4 is 5.32 Å². The van der Waals surface area contributed by atoms with E-state index >= 15 is 0 Å². The quantitative estimate of drug-likeness (QED) is 0.531. The van der Waals surface area contributed by atoms with Crippen molar-refractivity contribution in [1.29, 1.82) is 0 Å². The molecule has 0 aliphatic rings. The van der Waals surface area contributed by atoms with Crippen LogP contribution >= 0.6 is 0 Å². The van der Waals surface area contributed by atoms with Gasteiger partial charge in [-0.15, -0.1) is 0 Å². The zero-order chi connectivity index (χ0) is 20.4. The van der Waals surface area contributed by atoms with Crippen molar-refractivity contribution in [2.45, 2.75) is 33.9 Å². The highest BCUT2D eigenvalue weighted by Gasteiger charge is 2.14. The first-order chi connectivity index (χ1) is 14.0. The summed E-state index contributed by atoms with van der Waals surface area (Å²) in [4.78, 5) is 16.7. The second kappa shape index (κ2) is 7.92. The van der Waals surface area contributed by atoms with Crippen LogP contribution in [0.25, 0.3) is 10.9 Å². The van der Waals surface area contributed by atoms with Crippen molar-refractivity contribution in [3.05, 3.63) is 101 Å². The van der Waals surface area contributed by atoms with Crippen LogP contribution in [-0.4, -0.2) is 15.5 Å². The third-order valence-corrected chi connectivity index (χ3v) is 5.50. The number of fused-ring (bicyclic) bond motifs is 1. The lowest BCUT2D eigenvalue weighted by Crippen LogP contribution is -2.22. The number of hydrogen-bond donors (Lipinski definition) is 1. The maximum atomic E-state index is 12.7. The molecule has 1 N–H and O–H groups in total. The van der Waals surface area contributed by atoms with Gasteiger partial charge < -0.3 is 9.88 Å². The Hall–Kier alpha value is -3.40. The lowest BCUT2D eigenvalue weighted by molar-refractivity contribution is 0.0951. The van der Waals surface area contributed by atoms with Crippen molar-refractivity contribution in [2.75, 3.05) is 0 Å². The summed E-state index contributed by atoms with van der Waals surface area (Å²) in [6.45, 7) is 7.68. The van der Waals surface area contributed by atoms with Gasteiger partial charge in [0.15, 0.2) is 0 Å². The van der Waals surface area contributed by atoms with E-state index in [1.54, 1.807) is 12.4 Å². The standard InChI is InChI=1S/C25H25N3O/c1-17-6-4-7-20(12-17)16-28-19(3)18(2)23-13-22(9-10-24(23)28)25(29)27-15-21-8-5-11-26-14-21/h4-14H,15-16H2,1-3H3,(H,27,29). The average molecular weight is 383 g/mol. The molecule has 0 saturated carbocycles. The summed E-state index contributed by atoms with van der Waals surface area (Å²) in [5.74, 6) is -0.0701. The van der Waals surface area contributed by atoms with Gasteiger partial charge in [0.1, 0.15) is 0 Å². The molecular formula is C25H25N3O. The number of hydrogen-bond acceptors (Lipinski definition) is 2. The van der Waals surface area contributed by atoms with E-state index in [4.69, 9.17) is 0 Å². The van der Waals surface area contributed by atoms with Gasteiger partial charge >= 0.3 is 0 Å². The summed E-state index contributed by atoms with van der Waals surface area (Å²) in [5.41, 5.74) is 7.81. The van der Waals surface area contributed by atoms with Crippen LogP contribution in [0.3, 0.4) is 0 Å². The molecule has 0 aliphatic carbocycles. The van der Waals surface area contributed by atoms with Gasteiger partial charge in [0.2, 0.25) is 0 Å². The molecule has 1 amide bonds. The molecule has 0 unspecified atom stereocenters. The molecule has 0 spiro atoms. The third kappa shape index (κ3) is 3.92. The normalized spacial score (nSPS) is 11.0. The Morgan fingerprint density at radius 2 is 1.83 bits per heavy atom. The predicted octanol–water partition coefficient (Wildman–Crippen LogP) is 4.94. The largest absolute Gasteiger partial charge is 0.348 e. The Labute approximate surface area is 171 Å². The predicted molar refractivity (Wildman–Crippen MR) is 117 cm³/mol. The van der Waals surface area contributed by atoms with E-state index in [0.29, 0.717) is 12.1 Å². The summed E-state index contributed by atoms with van der Waals surface area (Å²) >= 11 is 0. The smallest absolute Gasteiger partial charge is 0.251 e. The molecule has 29 heavy (non-hydrogen) atoms. The first-order valence-electron chi connectivity index (χ1n) is 9.85. The second-order valence-electron chi connectivity index (χ2n) is 7.56. The Morgan fingerprint density at radius 1 is 1.00 bits per heavy atom. The van der Waals surface area contributed by atoms with Gasteiger partial charge in [-0.1, -0.05) is 35.9 Å². The van der Waals surface area contributed by atoms with E-state index in [1.807, 2.05) is 24.3 Å². The molecule has 0 aliphatic heterocycles. The zero-order valence-corrected chi connectivity index (χ0v) is 17.1. The molecule has 2 heterocycles. The Morgan fingerprint density at radius 3 is 2.59 bits per heavy atom. The minimum absolute atomic E-state index is 0.0701. The number of aryl methyl sites for hydroxylation is 2. The van der Waals surface area contributed by atoms with Crippen molar-refractivity contribution in [1.82, 2.24) is 14.9 Å². The second-order valence-corrected chi connectivity index (χ2v) is 7.56. The first-order valence-corrected chi connectivity index (χ1v) is 9.85. The van der Waals surface area contributed by atoms with Gasteiger partial charge in [0.05, 0.1) is 0 Å². The number of nitrogens with one attached hydrogen (secondary N) is 1. The van der Waals surface area contributed by atoms with Gasteiger partial charge in [-0.2, -0.15) is 0 Å². The number of pyridine rings is 1. The van der Waals surface area contributed by atoms with E-state index < -0.39 is 0 Å². The first kappa shape index (κ1) is 18.9. The van der Waals surface area contributed by atoms with E-state index in [9.17, 15) is 4.79 Å². The van der Waals surface area contributed by atoms with Gasteiger partial charge in [-0.05, 0) is 61.7 Å². The highest BCUT2D eigenvalue weighted by molar-refractivity contribution is 5.99. The Bertz CT molecular complexity index is 1180. The summed E-state index contributed by atoms with van der Waals surface area (Å²) in [5, 5.41) is 4.11. The molecule has 146 valence electrons. The molecule has 4 aromatic rings. The molecule has 0 bridgehead atoms. The van der Waals surface area contributed by atoms with Crippen LogP contribution in [0.2, 0.25) is 0 Å². The topological polar surface area (TPSA) is 46.9 Å². The molecule has 4 heteroatoms. The van der Waals surface area contributed by atoms with Crippen LogP contribution in [0.15, 0.2) is 67.0 Å². The number of rotatable bonds is 5. The number of benzene rings is 2. The Kier molecular flexibility index (Phi) is 5.17. The van der Waals surface area contributed by atoms with Gasteiger partial charge in [-0.25, -0.2) is 0 Å². The summed E-state index contributed by atoms with van der Waals surface area (Å²) < 4.78 is 2.33. The van der Waals surface area contributed by atoms with Crippen LogP contribution in [-0.2, 0) is 13.1 Å². The van der Waals surface area contributed by atoms with Crippen molar-refractivity contribution in [2.24, 2.45) is 0 Å². The van der Waals surface area contributed by atoms with Crippen molar-refractivity contribution < 1.29 is 4.79 Å². The highest BCUT2D eigenvalue weighted by Crippen LogP contribution is 2.27. The maximum Gasteiger partial charge on any atom is 0.251 e. The van der Waals surface area contributed by atoms with Crippen molar-refractivity contribution in [3.8, 4) is 0 Å². The van der Waals surface area contributed by atoms with Crippen LogP contribution in [0.4, 0.5) is 0 Å². The zero-order valence-electron chi connectivity index (χ0n) is 17.1. The number of nitrogens with zero attached hydrogens (tertiary/aromatic N) is 2. The molecule has 0 radical (unpaired) electrons. The summed E-state index contributed by atoms with van der Waals surface area (Å²) in [7, 11) is 0. The molecule has 2 aromatic heterocycles. The number of carbonyl (C=O) groups excluding carboxylic acids is 1. The van der Waals surface area contributed by atoms with Crippen molar-refractivity contribution in [3.63, 3.8) is 0 Å². The number of aromatic nitrogens is 2. The molecule has 2 aromatic carbocycles. The Balaban J connectivity index is 1.61. The van der Waals surface area contributed by atoms with Crippen LogP contribution in [0.1, 0.15) is 38.3 Å². The molecule has 0 fully saturated rings. The molecule has 4 rings (SSSR count). The summed E-state index contributed by atoms with van der Waals surface area (Å²) in [6, 6.07) is 18.4. The fourth-order valence-corrected chi connectivity index (χ4v) is 3.77.